The standard InChI is InChI=1S/C43H34BNO2/c1-42(2)43(3,4)47-44(46-42)39-24-22-28(26-45-39)41-36-19-11-9-17-34(36)40(35-18-10-12-20-37(35)41)27-21-23-33-31-15-6-5-13-29(31)30-14-7-8-16-32(30)38(33)25-27/h5-26H,1-4H3. The minimum atomic E-state index is -0.494. The van der Waals surface area contributed by atoms with E-state index >= 15 is 0 Å². The van der Waals surface area contributed by atoms with Crippen molar-refractivity contribution in [3.8, 4) is 22.3 Å². The number of fused-ring (bicyclic) bond motifs is 8. The number of hydrogen-bond donors (Lipinski definition) is 0. The van der Waals surface area contributed by atoms with Crippen molar-refractivity contribution in [2.75, 3.05) is 0 Å². The molecular weight excluding hydrogens is 573 g/mol. The molecule has 0 bridgehead atoms. The highest BCUT2D eigenvalue weighted by Gasteiger charge is 2.52. The maximum absolute atomic E-state index is 6.30. The molecule has 1 aliphatic heterocycles. The average Bonchev–Trinajstić information content (AvgIpc) is 3.33. The van der Waals surface area contributed by atoms with E-state index in [-0.39, 0.29) is 0 Å². The number of hydrogen-bond acceptors (Lipinski definition) is 3. The van der Waals surface area contributed by atoms with Gasteiger partial charge in [-0.1, -0.05) is 115 Å². The highest BCUT2D eigenvalue weighted by atomic mass is 16.7. The Balaban J connectivity index is 1.26. The Hall–Kier alpha value is -5.03. The molecule has 9 rings (SSSR count). The van der Waals surface area contributed by atoms with Crippen LogP contribution in [0.2, 0.25) is 0 Å². The monoisotopic (exact) mass is 607 g/mol. The van der Waals surface area contributed by atoms with Gasteiger partial charge in [-0.25, -0.2) is 0 Å². The van der Waals surface area contributed by atoms with Gasteiger partial charge < -0.3 is 9.31 Å². The molecule has 0 unspecified atom stereocenters. The van der Waals surface area contributed by atoms with E-state index in [9.17, 15) is 0 Å². The van der Waals surface area contributed by atoms with E-state index in [2.05, 4.69) is 149 Å². The van der Waals surface area contributed by atoms with Crippen molar-refractivity contribution in [1.82, 2.24) is 4.98 Å². The van der Waals surface area contributed by atoms with Crippen LogP contribution in [0, 0.1) is 0 Å². The van der Waals surface area contributed by atoms with Crippen molar-refractivity contribution in [2.24, 2.45) is 0 Å². The van der Waals surface area contributed by atoms with E-state index in [1.165, 1.54) is 70.6 Å². The van der Waals surface area contributed by atoms with Gasteiger partial charge in [0.05, 0.1) is 16.8 Å². The van der Waals surface area contributed by atoms with Gasteiger partial charge in [0.1, 0.15) is 0 Å². The lowest BCUT2D eigenvalue weighted by atomic mass is 9.82. The molecule has 2 heterocycles. The van der Waals surface area contributed by atoms with Gasteiger partial charge >= 0.3 is 7.12 Å². The summed E-state index contributed by atoms with van der Waals surface area (Å²) in [5, 5.41) is 12.6. The van der Waals surface area contributed by atoms with E-state index in [0.717, 1.165) is 11.2 Å². The topological polar surface area (TPSA) is 31.4 Å². The summed E-state index contributed by atoms with van der Waals surface area (Å²) in [5.74, 6) is 0. The summed E-state index contributed by atoms with van der Waals surface area (Å²) in [5.41, 5.74) is 4.68. The Morgan fingerprint density at radius 3 is 1.26 bits per heavy atom. The van der Waals surface area contributed by atoms with Crippen LogP contribution >= 0.6 is 0 Å². The van der Waals surface area contributed by atoms with Gasteiger partial charge in [-0.3, -0.25) is 4.98 Å². The van der Waals surface area contributed by atoms with Crippen molar-refractivity contribution in [3.63, 3.8) is 0 Å². The normalized spacial score (nSPS) is 15.8. The van der Waals surface area contributed by atoms with Crippen molar-refractivity contribution in [1.29, 1.82) is 0 Å². The summed E-state index contributed by atoms with van der Waals surface area (Å²) in [6.45, 7) is 8.28. The first-order valence-corrected chi connectivity index (χ1v) is 16.4. The molecule has 226 valence electrons. The third-order valence-corrected chi connectivity index (χ3v) is 10.5. The molecule has 1 aromatic heterocycles. The molecule has 0 N–H and O–H groups in total. The molecule has 7 aromatic carbocycles. The summed E-state index contributed by atoms with van der Waals surface area (Å²) in [6, 6.07) is 46.3. The maximum Gasteiger partial charge on any atom is 0.514 e. The Labute approximate surface area is 274 Å². The molecule has 0 atom stereocenters. The lowest BCUT2D eigenvalue weighted by Crippen LogP contribution is -2.41. The largest absolute Gasteiger partial charge is 0.514 e. The second-order valence-electron chi connectivity index (χ2n) is 13.8. The van der Waals surface area contributed by atoms with Crippen molar-refractivity contribution in [2.45, 2.75) is 38.9 Å². The number of rotatable bonds is 3. The number of pyridine rings is 1. The molecule has 1 fully saturated rings. The average molecular weight is 608 g/mol. The first kappa shape index (κ1) is 28.2. The second kappa shape index (κ2) is 10.2. The van der Waals surface area contributed by atoms with E-state index in [4.69, 9.17) is 14.3 Å². The first-order chi connectivity index (χ1) is 22.8. The van der Waals surface area contributed by atoms with Crippen LogP contribution in [0.15, 0.2) is 134 Å². The summed E-state index contributed by atoms with van der Waals surface area (Å²) in [6.07, 6.45) is 1.97. The number of nitrogens with zero attached hydrogens (tertiary/aromatic N) is 1. The Bertz CT molecular complexity index is 2430. The molecular formula is C43H34BNO2. The Kier molecular flexibility index (Phi) is 6.15. The third kappa shape index (κ3) is 4.25. The highest BCUT2D eigenvalue weighted by Crippen LogP contribution is 2.45. The minimum Gasteiger partial charge on any atom is -0.398 e. The fourth-order valence-corrected chi connectivity index (χ4v) is 7.47. The summed E-state index contributed by atoms with van der Waals surface area (Å²) in [7, 11) is -0.494. The van der Waals surface area contributed by atoms with E-state index < -0.39 is 18.3 Å². The van der Waals surface area contributed by atoms with Crippen LogP contribution in [-0.4, -0.2) is 23.3 Å². The van der Waals surface area contributed by atoms with Crippen LogP contribution < -0.4 is 5.59 Å². The van der Waals surface area contributed by atoms with Gasteiger partial charge in [0, 0.05) is 11.8 Å². The Morgan fingerprint density at radius 1 is 0.426 bits per heavy atom. The third-order valence-electron chi connectivity index (χ3n) is 10.5. The van der Waals surface area contributed by atoms with E-state index in [0.29, 0.717) is 0 Å². The number of benzene rings is 7. The predicted molar refractivity (Wildman–Crippen MR) is 198 cm³/mol. The van der Waals surface area contributed by atoms with Gasteiger partial charge in [0.2, 0.25) is 0 Å². The zero-order chi connectivity index (χ0) is 31.9. The van der Waals surface area contributed by atoms with Crippen molar-refractivity contribution < 1.29 is 9.31 Å². The van der Waals surface area contributed by atoms with Gasteiger partial charge in [0.25, 0.3) is 0 Å². The molecule has 0 radical (unpaired) electrons. The molecule has 3 nitrogen and oxygen atoms in total. The lowest BCUT2D eigenvalue weighted by molar-refractivity contribution is 0.00578. The van der Waals surface area contributed by atoms with Gasteiger partial charge in [-0.15, -0.1) is 0 Å². The van der Waals surface area contributed by atoms with E-state index in [1.54, 1.807) is 0 Å². The van der Waals surface area contributed by atoms with Gasteiger partial charge in [0.15, 0.2) is 0 Å². The van der Waals surface area contributed by atoms with Crippen LogP contribution in [0.3, 0.4) is 0 Å². The molecule has 0 aliphatic carbocycles. The zero-order valence-corrected chi connectivity index (χ0v) is 27.0. The molecule has 0 spiro atoms. The Morgan fingerprint density at radius 2 is 0.809 bits per heavy atom. The zero-order valence-electron chi connectivity index (χ0n) is 27.0. The fourth-order valence-electron chi connectivity index (χ4n) is 7.47. The second-order valence-corrected chi connectivity index (χ2v) is 13.8. The van der Waals surface area contributed by atoms with Crippen LogP contribution in [0.25, 0.3) is 76.1 Å². The maximum atomic E-state index is 6.30. The molecule has 4 heteroatoms. The van der Waals surface area contributed by atoms with Crippen LogP contribution in [-0.2, 0) is 9.31 Å². The molecule has 0 saturated carbocycles. The summed E-state index contributed by atoms with van der Waals surface area (Å²) < 4.78 is 12.6. The molecule has 1 aliphatic rings. The first-order valence-electron chi connectivity index (χ1n) is 16.4. The number of aromatic nitrogens is 1. The van der Waals surface area contributed by atoms with Gasteiger partial charge in [-0.05, 0) is 110 Å². The highest BCUT2D eigenvalue weighted by molar-refractivity contribution is 6.61. The molecule has 0 amide bonds. The predicted octanol–water partition coefficient (Wildman–Crippen LogP) is 10.5. The van der Waals surface area contributed by atoms with Crippen molar-refractivity contribution >= 4 is 66.6 Å². The summed E-state index contributed by atoms with van der Waals surface area (Å²) in [4.78, 5) is 4.90. The molecule has 8 aromatic rings. The molecule has 47 heavy (non-hydrogen) atoms. The summed E-state index contributed by atoms with van der Waals surface area (Å²) >= 11 is 0. The van der Waals surface area contributed by atoms with Crippen LogP contribution in [0.1, 0.15) is 27.7 Å². The quantitative estimate of drug-likeness (QED) is 0.114. The van der Waals surface area contributed by atoms with Gasteiger partial charge in [-0.2, -0.15) is 0 Å². The smallest absolute Gasteiger partial charge is 0.398 e. The SMILES string of the molecule is CC1(C)OB(c2ccc(-c3c4ccccc4c(-c4ccc5c6ccccc6c6ccccc6c5c4)c4ccccc34)cn2)OC1(C)C. The van der Waals surface area contributed by atoms with Crippen molar-refractivity contribution in [3.05, 3.63) is 134 Å². The fraction of sp³-hybridized carbons (Fsp3) is 0.140. The van der Waals surface area contributed by atoms with Crippen LogP contribution in [0.5, 0.6) is 0 Å². The lowest BCUT2D eigenvalue weighted by Gasteiger charge is -2.32. The van der Waals surface area contributed by atoms with Crippen LogP contribution in [0.4, 0.5) is 0 Å². The minimum absolute atomic E-state index is 0.414. The molecule has 1 saturated heterocycles. The van der Waals surface area contributed by atoms with E-state index in [1.807, 2.05) is 12.3 Å².